The molecule has 4 rings (SSSR count). The molecule has 1 saturated heterocycles. The first-order valence-corrected chi connectivity index (χ1v) is 8.48. The first kappa shape index (κ1) is 14.6. The van der Waals surface area contributed by atoms with E-state index in [1.54, 1.807) is 0 Å². The van der Waals surface area contributed by atoms with Crippen molar-refractivity contribution in [1.29, 1.82) is 0 Å². The SMILES string of the molecule is Cc1noc2nc(C3CC3)cc(C(=O)NCC3CCCNC3)c12. The number of aromatic nitrogens is 2. The van der Waals surface area contributed by atoms with Crippen molar-refractivity contribution in [2.75, 3.05) is 19.6 Å². The maximum atomic E-state index is 12.7. The Balaban J connectivity index is 1.58. The second-order valence-corrected chi connectivity index (χ2v) is 6.74. The number of nitrogens with zero attached hydrogens (tertiary/aromatic N) is 2. The fourth-order valence-electron chi connectivity index (χ4n) is 3.31. The lowest BCUT2D eigenvalue weighted by Crippen LogP contribution is -2.38. The van der Waals surface area contributed by atoms with E-state index in [0.29, 0.717) is 29.7 Å². The molecular weight excluding hydrogens is 292 g/mol. The third kappa shape index (κ3) is 2.95. The van der Waals surface area contributed by atoms with Crippen LogP contribution in [-0.4, -0.2) is 35.7 Å². The molecule has 1 aliphatic carbocycles. The van der Waals surface area contributed by atoms with Crippen molar-refractivity contribution in [3.63, 3.8) is 0 Å². The van der Waals surface area contributed by atoms with Crippen LogP contribution in [0.25, 0.3) is 11.1 Å². The molecule has 1 aliphatic heterocycles. The summed E-state index contributed by atoms with van der Waals surface area (Å²) in [5.74, 6) is 0.937. The molecule has 2 fully saturated rings. The summed E-state index contributed by atoms with van der Waals surface area (Å²) in [5, 5.41) is 11.2. The number of hydrogen-bond donors (Lipinski definition) is 2. The summed E-state index contributed by atoms with van der Waals surface area (Å²) < 4.78 is 5.30. The number of aryl methyl sites for hydroxylation is 1. The van der Waals surface area contributed by atoms with Crippen molar-refractivity contribution in [3.05, 3.63) is 23.0 Å². The van der Waals surface area contributed by atoms with Crippen molar-refractivity contribution in [2.24, 2.45) is 5.92 Å². The summed E-state index contributed by atoms with van der Waals surface area (Å²) in [5.41, 5.74) is 2.81. The number of fused-ring (bicyclic) bond motifs is 1. The van der Waals surface area contributed by atoms with E-state index in [4.69, 9.17) is 4.52 Å². The number of amides is 1. The van der Waals surface area contributed by atoms with Gasteiger partial charge in [0, 0.05) is 18.2 Å². The zero-order valence-electron chi connectivity index (χ0n) is 13.4. The largest absolute Gasteiger partial charge is 0.352 e. The average Bonchev–Trinajstić information content (AvgIpc) is 3.37. The van der Waals surface area contributed by atoms with E-state index >= 15 is 0 Å². The van der Waals surface area contributed by atoms with Crippen LogP contribution in [0, 0.1) is 12.8 Å². The molecule has 3 heterocycles. The Morgan fingerprint density at radius 2 is 2.30 bits per heavy atom. The van der Waals surface area contributed by atoms with Gasteiger partial charge in [0.25, 0.3) is 11.6 Å². The monoisotopic (exact) mass is 314 g/mol. The molecule has 0 aromatic carbocycles. The van der Waals surface area contributed by atoms with E-state index in [9.17, 15) is 4.79 Å². The summed E-state index contributed by atoms with van der Waals surface area (Å²) in [6, 6.07) is 1.93. The first-order chi connectivity index (χ1) is 11.2. The number of pyridine rings is 1. The Hall–Kier alpha value is -1.95. The highest BCUT2D eigenvalue weighted by molar-refractivity contribution is 6.06. The number of hydrogen-bond acceptors (Lipinski definition) is 5. The van der Waals surface area contributed by atoms with Crippen LogP contribution in [0.3, 0.4) is 0 Å². The molecule has 6 heteroatoms. The standard InChI is InChI=1S/C17H22N4O2/c1-10-15-13(16(22)19-9-11-3-2-6-18-8-11)7-14(12-4-5-12)20-17(15)23-21-10/h7,11-12,18H,2-6,8-9H2,1H3,(H,19,22). The normalized spacial score (nSPS) is 21.5. The van der Waals surface area contributed by atoms with Gasteiger partial charge in [0.15, 0.2) is 0 Å². The van der Waals surface area contributed by atoms with Crippen LogP contribution >= 0.6 is 0 Å². The Kier molecular flexibility index (Phi) is 3.77. The molecule has 2 aromatic rings. The highest BCUT2D eigenvalue weighted by Crippen LogP contribution is 2.40. The van der Waals surface area contributed by atoms with E-state index in [1.165, 1.54) is 12.8 Å². The Morgan fingerprint density at radius 1 is 1.43 bits per heavy atom. The average molecular weight is 314 g/mol. The zero-order chi connectivity index (χ0) is 15.8. The molecule has 2 aliphatic rings. The van der Waals surface area contributed by atoms with Crippen LogP contribution in [0.2, 0.25) is 0 Å². The molecule has 0 radical (unpaired) electrons. The fourth-order valence-corrected chi connectivity index (χ4v) is 3.31. The zero-order valence-corrected chi connectivity index (χ0v) is 13.4. The molecule has 1 unspecified atom stereocenters. The predicted molar refractivity (Wildman–Crippen MR) is 86.4 cm³/mol. The smallest absolute Gasteiger partial charge is 0.259 e. The van der Waals surface area contributed by atoms with E-state index in [0.717, 1.165) is 42.7 Å². The summed E-state index contributed by atoms with van der Waals surface area (Å²) in [7, 11) is 0. The van der Waals surface area contributed by atoms with Gasteiger partial charge in [0.1, 0.15) is 0 Å². The highest BCUT2D eigenvalue weighted by Gasteiger charge is 2.28. The van der Waals surface area contributed by atoms with Gasteiger partial charge in [-0.3, -0.25) is 4.79 Å². The maximum Gasteiger partial charge on any atom is 0.259 e. The van der Waals surface area contributed by atoms with Crippen LogP contribution in [-0.2, 0) is 0 Å². The molecule has 23 heavy (non-hydrogen) atoms. The van der Waals surface area contributed by atoms with Crippen molar-refractivity contribution in [1.82, 2.24) is 20.8 Å². The van der Waals surface area contributed by atoms with Gasteiger partial charge in [-0.05, 0) is 57.7 Å². The van der Waals surface area contributed by atoms with Crippen molar-refractivity contribution in [2.45, 2.75) is 38.5 Å². The van der Waals surface area contributed by atoms with Gasteiger partial charge in [0.05, 0.1) is 16.6 Å². The van der Waals surface area contributed by atoms with Crippen molar-refractivity contribution in [3.8, 4) is 0 Å². The Morgan fingerprint density at radius 3 is 3.04 bits per heavy atom. The number of rotatable bonds is 4. The minimum atomic E-state index is -0.0452. The Bertz CT molecular complexity index is 730. The molecule has 6 nitrogen and oxygen atoms in total. The minimum Gasteiger partial charge on any atom is -0.352 e. The minimum absolute atomic E-state index is 0.0452. The quantitative estimate of drug-likeness (QED) is 0.904. The Labute approximate surface area is 135 Å². The lowest BCUT2D eigenvalue weighted by molar-refractivity contribution is 0.0946. The molecule has 1 atom stereocenters. The molecule has 1 saturated carbocycles. The molecule has 2 aromatic heterocycles. The molecule has 1 amide bonds. The van der Waals surface area contributed by atoms with Crippen LogP contribution in [0.5, 0.6) is 0 Å². The van der Waals surface area contributed by atoms with Crippen LogP contribution in [0.1, 0.15) is 53.3 Å². The van der Waals surface area contributed by atoms with E-state index in [1.807, 2.05) is 13.0 Å². The van der Waals surface area contributed by atoms with Crippen LogP contribution in [0.4, 0.5) is 0 Å². The van der Waals surface area contributed by atoms with Crippen LogP contribution in [0.15, 0.2) is 10.6 Å². The first-order valence-electron chi connectivity index (χ1n) is 8.48. The topological polar surface area (TPSA) is 80.0 Å². The highest BCUT2D eigenvalue weighted by atomic mass is 16.5. The molecule has 0 spiro atoms. The van der Waals surface area contributed by atoms with Crippen LogP contribution < -0.4 is 10.6 Å². The van der Waals surface area contributed by atoms with E-state index in [-0.39, 0.29) is 5.91 Å². The number of nitrogens with one attached hydrogen (secondary N) is 2. The third-order valence-corrected chi connectivity index (χ3v) is 4.83. The van der Waals surface area contributed by atoms with Gasteiger partial charge < -0.3 is 15.2 Å². The maximum absolute atomic E-state index is 12.7. The summed E-state index contributed by atoms with van der Waals surface area (Å²) >= 11 is 0. The van der Waals surface area contributed by atoms with Gasteiger partial charge in [-0.15, -0.1) is 0 Å². The number of carbonyl (C=O) groups is 1. The molecule has 0 bridgehead atoms. The van der Waals surface area contributed by atoms with E-state index < -0.39 is 0 Å². The summed E-state index contributed by atoms with van der Waals surface area (Å²) in [4.78, 5) is 17.2. The fraction of sp³-hybridized carbons (Fsp3) is 0.588. The second-order valence-electron chi connectivity index (χ2n) is 6.74. The number of carbonyl (C=O) groups excluding carboxylic acids is 1. The summed E-state index contributed by atoms with van der Waals surface area (Å²) in [6.45, 7) is 4.62. The van der Waals surface area contributed by atoms with Crippen molar-refractivity contribution >= 4 is 17.0 Å². The van der Waals surface area contributed by atoms with Gasteiger partial charge in [0.2, 0.25) is 0 Å². The lowest BCUT2D eigenvalue weighted by Gasteiger charge is -2.22. The van der Waals surface area contributed by atoms with Gasteiger partial charge in [-0.1, -0.05) is 5.16 Å². The number of piperidine rings is 1. The lowest BCUT2D eigenvalue weighted by atomic mass is 9.99. The third-order valence-electron chi connectivity index (χ3n) is 4.83. The predicted octanol–water partition coefficient (Wildman–Crippen LogP) is 2.14. The van der Waals surface area contributed by atoms with Gasteiger partial charge >= 0.3 is 0 Å². The van der Waals surface area contributed by atoms with Gasteiger partial charge in [-0.25, -0.2) is 4.98 Å². The van der Waals surface area contributed by atoms with Crippen molar-refractivity contribution < 1.29 is 9.32 Å². The van der Waals surface area contributed by atoms with Gasteiger partial charge in [-0.2, -0.15) is 0 Å². The summed E-state index contributed by atoms with van der Waals surface area (Å²) in [6.07, 6.45) is 4.62. The molecule has 2 N–H and O–H groups in total. The van der Waals surface area contributed by atoms with E-state index in [2.05, 4.69) is 20.8 Å². The second kappa shape index (κ2) is 5.92. The molecular formula is C17H22N4O2. The molecule has 122 valence electrons.